The Hall–Kier alpha value is -0.170. The summed E-state index contributed by atoms with van der Waals surface area (Å²) >= 11 is 0. The van der Waals surface area contributed by atoms with Crippen LogP contribution >= 0.6 is 0 Å². The largest absolute Gasteiger partial charge is 0.394 e. The lowest BCUT2D eigenvalue weighted by Crippen LogP contribution is -2.28. The number of aliphatic hydroxyl groups excluding tert-OH is 2. The Bertz CT molecular complexity index is 163. The average Bonchev–Trinajstić information content (AvgIpc) is 1.62. The van der Waals surface area contributed by atoms with E-state index in [4.69, 9.17) is 10.2 Å². The van der Waals surface area contributed by atoms with Crippen LogP contribution in [-0.2, 0) is 10.0 Å². The SMILES string of the molecule is NS(=O)(=O)CC(O)CO. The summed E-state index contributed by atoms with van der Waals surface area (Å²) in [6.45, 7) is -0.587. The van der Waals surface area contributed by atoms with Gasteiger partial charge in [-0.2, -0.15) is 0 Å². The van der Waals surface area contributed by atoms with Gasteiger partial charge < -0.3 is 10.2 Å². The summed E-state index contributed by atoms with van der Waals surface area (Å²) in [5.74, 6) is -0.594. The Kier molecular flexibility index (Phi) is 3.06. The van der Waals surface area contributed by atoms with Gasteiger partial charge >= 0.3 is 0 Å². The van der Waals surface area contributed by atoms with Crippen LogP contribution in [-0.4, -0.2) is 37.1 Å². The molecule has 0 heterocycles. The van der Waals surface area contributed by atoms with E-state index >= 15 is 0 Å². The fourth-order valence-electron chi connectivity index (χ4n) is 0.321. The van der Waals surface area contributed by atoms with Crippen molar-refractivity contribution < 1.29 is 18.6 Å². The van der Waals surface area contributed by atoms with Crippen molar-refractivity contribution >= 4 is 10.0 Å². The van der Waals surface area contributed by atoms with E-state index in [2.05, 4.69) is 5.14 Å². The van der Waals surface area contributed by atoms with Crippen molar-refractivity contribution in [2.24, 2.45) is 5.14 Å². The maximum absolute atomic E-state index is 10.1. The van der Waals surface area contributed by atoms with Crippen LogP contribution < -0.4 is 5.14 Å². The highest BCUT2D eigenvalue weighted by molar-refractivity contribution is 7.89. The molecule has 0 aromatic heterocycles. The highest BCUT2D eigenvalue weighted by atomic mass is 32.2. The third-order valence-electron chi connectivity index (χ3n) is 0.635. The normalized spacial score (nSPS) is 15.4. The fraction of sp³-hybridized carbons (Fsp3) is 1.00. The van der Waals surface area contributed by atoms with Crippen LogP contribution in [0.25, 0.3) is 0 Å². The number of primary sulfonamides is 1. The molecule has 6 heteroatoms. The zero-order valence-electron chi connectivity index (χ0n) is 4.69. The first-order chi connectivity index (χ1) is 3.95. The molecular formula is C3H9NO4S. The van der Waals surface area contributed by atoms with Crippen LogP contribution in [0.4, 0.5) is 0 Å². The van der Waals surface area contributed by atoms with Crippen molar-refractivity contribution in [2.75, 3.05) is 12.4 Å². The minimum atomic E-state index is -3.65. The molecule has 0 aliphatic carbocycles. The lowest BCUT2D eigenvalue weighted by Gasteiger charge is -2.02. The summed E-state index contributed by atoms with van der Waals surface area (Å²) in [5, 5.41) is 21.1. The number of nitrogens with two attached hydrogens (primary N) is 1. The van der Waals surface area contributed by atoms with Gasteiger partial charge in [0.2, 0.25) is 10.0 Å². The molecule has 0 radical (unpaired) electrons. The Morgan fingerprint density at radius 1 is 1.56 bits per heavy atom. The second kappa shape index (κ2) is 3.11. The molecule has 0 aliphatic heterocycles. The van der Waals surface area contributed by atoms with Gasteiger partial charge in [-0.05, 0) is 0 Å². The Morgan fingerprint density at radius 3 is 2.11 bits per heavy atom. The highest BCUT2D eigenvalue weighted by Crippen LogP contribution is 1.84. The van der Waals surface area contributed by atoms with Gasteiger partial charge in [0.05, 0.1) is 18.5 Å². The summed E-state index contributed by atoms with van der Waals surface area (Å²) in [5.41, 5.74) is 0. The van der Waals surface area contributed by atoms with Gasteiger partial charge in [-0.3, -0.25) is 0 Å². The predicted molar refractivity (Wildman–Crippen MR) is 31.1 cm³/mol. The molecule has 0 fully saturated rings. The van der Waals surface area contributed by atoms with Gasteiger partial charge in [0.25, 0.3) is 0 Å². The molecular weight excluding hydrogens is 146 g/mol. The van der Waals surface area contributed by atoms with Crippen molar-refractivity contribution in [1.29, 1.82) is 0 Å². The molecule has 0 saturated heterocycles. The maximum Gasteiger partial charge on any atom is 0.211 e. The van der Waals surface area contributed by atoms with Gasteiger partial charge in [0, 0.05) is 0 Å². The first kappa shape index (κ1) is 8.83. The minimum Gasteiger partial charge on any atom is -0.394 e. The Morgan fingerprint density at radius 2 is 2.00 bits per heavy atom. The standard InChI is InChI=1S/C3H9NO4S/c4-9(7,8)2-3(6)1-5/h3,5-6H,1-2H2,(H2,4,7,8). The van der Waals surface area contributed by atoms with E-state index < -0.39 is 28.5 Å². The Labute approximate surface area is 53.2 Å². The van der Waals surface area contributed by atoms with Gasteiger partial charge in [0.1, 0.15) is 0 Å². The summed E-state index contributed by atoms with van der Waals surface area (Å²) in [7, 11) is -3.65. The van der Waals surface area contributed by atoms with Crippen molar-refractivity contribution in [3.05, 3.63) is 0 Å². The van der Waals surface area contributed by atoms with Crippen LogP contribution in [0.3, 0.4) is 0 Å². The smallest absolute Gasteiger partial charge is 0.211 e. The Balaban J connectivity index is 3.75. The maximum atomic E-state index is 10.1. The molecule has 0 rings (SSSR count). The van der Waals surface area contributed by atoms with Crippen molar-refractivity contribution in [3.63, 3.8) is 0 Å². The summed E-state index contributed by atoms with van der Waals surface area (Å²) < 4.78 is 20.2. The molecule has 4 N–H and O–H groups in total. The van der Waals surface area contributed by atoms with Gasteiger partial charge in [-0.25, -0.2) is 13.6 Å². The van der Waals surface area contributed by atoms with Gasteiger partial charge in [0.15, 0.2) is 0 Å². The molecule has 5 nitrogen and oxygen atoms in total. The van der Waals surface area contributed by atoms with Crippen LogP contribution in [0.1, 0.15) is 0 Å². The zero-order valence-corrected chi connectivity index (χ0v) is 5.50. The topological polar surface area (TPSA) is 101 Å². The van der Waals surface area contributed by atoms with Crippen LogP contribution in [0.5, 0.6) is 0 Å². The number of aliphatic hydroxyl groups is 2. The second-order valence-electron chi connectivity index (χ2n) is 1.67. The molecule has 0 aromatic carbocycles. The van der Waals surface area contributed by atoms with E-state index in [-0.39, 0.29) is 0 Å². The molecule has 1 unspecified atom stereocenters. The van der Waals surface area contributed by atoms with E-state index in [1.807, 2.05) is 0 Å². The lowest BCUT2D eigenvalue weighted by molar-refractivity contribution is 0.112. The van der Waals surface area contributed by atoms with Crippen molar-refractivity contribution in [3.8, 4) is 0 Å². The zero-order chi connectivity index (χ0) is 7.49. The molecule has 9 heavy (non-hydrogen) atoms. The summed E-state index contributed by atoms with van der Waals surface area (Å²) in [6, 6.07) is 0. The van der Waals surface area contributed by atoms with E-state index in [1.165, 1.54) is 0 Å². The van der Waals surface area contributed by atoms with Crippen molar-refractivity contribution in [1.82, 2.24) is 0 Å². The molecule has 0 aromatic rings. The summed E-state index contributed by atoms with van der Waals surface area (Å²) in [4.78, 5) is 0. The fourth-order valence-corrected chi connectivity index (χ4v) is 0.963. The molecule has 0 saturated carbocycles. The van der Waals surface area contributed by atoms with Crippen LogP contribution in [0, 0.1) is 0 Å². The number of hydrogen-bond donors (Lipinski definition) is 3. The first-order valence-electron chi connectivity index (χ1n) is 2.25. The van der Waals surface area contributed by atoms with E-state index in [9.17, 15) is 8.42 Å². The van der Waals surface area contributed by atoms with Crippen LogP contribution in [0.15, 0.2) is 0 Å². The highest BCUT2D eigenvalue weighted by Gasteiger charge is 2.10. The van der Waals surface area contributed by atoms with Crippen LogP contribution in [0.2, 0.25) is 0 Å². The van der Waals surface area contributed by atoms with E-state index in [0.717, 1.165) is 0 Å². The monoisotopic (exact) mass is 155 g/mol. The molecule has 0 bridgehead atoms. The molecule has 56 valence electrons. The number of hydrogen-bond acceptors (Lipinski definition) is 4. The number of rotatable bonds is 3. The third kappa shape index (κ3) is 5.71. The molecule has 0 aliphatic rings. The van der Waals surface area contributed by atoms with Crippen molar-refractivity contribution in [2.45, 2.75) is 6.10 Å². The first-order valence-corrected chi connectivity index (χ1v) is 3.96. The second-order valence-corrected chi connectivity index (χ2v) is 3.32. The van der Waals surface area contributed by atoms with E-state index in [1.54, 1.807) is 0 Å². The van der Waals surface area contributed by atoms with E-state index in [0.29, 0.717) is 0 Å². The van der Waals surface area contributed by atoms with Gasteiger partial charge in [-0.1, -0.05) is 0 Å². The third-order valence-corrected chi connectivity index (χ3v) is 1.48. The molecule has 1 atom stereocenters. The lowest BCUT2D eigenvalue weighted by atomic mass is 10.4. The molecule has 0 amide bonds. The quantitative estimate of drug-likeness (QED) is 0.424. The average molecular weight is 155 g/mol. The number of sulfonamides is 1. The summed E-state index contributed by atoms with van der Waals surface area (Å²) in [6.07, 6.45) is -1.26. The predicted octanol–water partition coefficient (Wildman–Crippen LogP) is -2.37. The minimum absolute atomic E-state index is 0.587. The molecule has 0 spiro atoms. The van der Waals surface area contributed by atoms with Gasteiger partial charge in [-0.15, -0.1) is 0 Å².